The summed E-state index contributed by atoms with van der Waals surface area (Å²) in [7, 11) is 0. The van der Waals surface area contributed by atoms with Crippen LogP contribution in [-0.4, -0.2) is 0 Å². The first-order valence-corrected chi connectivity index (χ1v) is 4.95. The fraction of sp³-hybridized carbons (Fsp3) is 0.500. The van der Waals surface area contributed by atoms with Crippen LogP contribution in [0, 0.1) is 5.41 Å². The van der Waals surface area contributed by atoms with Crippen molar-refractivity contribution in [1.29, 1.82) is 0 Å². The van der Waals surface area contributed by atoms with Crippen molar-refractivity contribution in [2.45, 2.75) is 32.7 Å². The largest absolute Gasteiger partial charge is 0.323 e. The van der Waals surface area contributed by atoms with Gasteiger partial charge in [-0.05, 0) is 29.4 Å². The number of hydrogen-bond donors (Lipinski definition) is 1. The van der Waals surface area contributed by atoms with E-state index in [9.17, 15) is 0 Å². The smallest absolute Gasteiger partial charge is 0.0349 e. The first-order chi connectivity index (χ1) is 6.11. The summed E-state index contributed by atoms with van der Waals surface area (Å²) in [5.74, 6) is 0. The molecule has 13 heavy (non-hydrogen) atoms. The van der Waals surface area contributed by atoms with Crippen molar-refractivity contribution in [3.05, 3.63) is 35.4 Å². The Kier molecular flexibility index (Phi) is 1.92. The Bertz CT molecular complexity index is 315. The molecule has 1 heteroatoms. The molecule has 70 valence electrons. The normalized spacial score (nSPS) is 25.3. The Labute approximate surface area is 80.0 Å². The van der Waals surface area contributed by atoms with Gasteiger partial charge in [0, 0.05) is 6.04 Å². The van der Waals surface area contributed by atoms with Gasteiger partial charge in [-0.15, -0.1) is 0 Å². The maximum Gasteiger partial charge on any atom is 0.0349 e. The Morgan fingerprint density at radius 3 is 2.77 bits per heavy atom. The second-order valence-electron chi connectivity index (χ2n) is 4.67. The van der Waals surface area contributed by atoms with E-state index in [1.807, 2.05) is 0 Å². The summed E-state index contributed by atoms with van der Waals surface area (Å²) in [6, 6.07) is 8.76. The lowest BCUT2D eigenvalue weighted by Crippen LogP contribution is -2.33. The van der Waals surface area contributed by atoms with Gasteiger partial charge in [-0.2, -0.15) is 0 Å². The molecule has 0 saturated carbocycles. The van der Waals surface area contributed by atoms with Crippen molar-refractivity contribution in [2.24, 2.45) is 11.1 Å². The van der Waals surface area contributed by atoms with E-state index in [2.05, 4.69) is 38.1 Å². The van der Waals surface area contributed by atoms with Crippen LogP contribution in [0.25, 0.3) is 0 Å². The monoisotopic (exact) mass is 175 g/mol. The van der Waals surface area contributed by atoms with Gasteiger partial charge in [0.2, 0.25) is 0 Å². The summed E-state index contributed by atoms with van der Waals surface area (Å²) in [5.41, 5.74) is 9.27. The third-order valence-electron chi connectivity index (χ3n) is 3.27. The van der Waals surface area contributed by atoms with Crippen molar-refractivity contribution >= 4 is 0 Å². The Hall–Kier alpha value is -0.820. The molecular weight excluding hydrogens is 158 g/mol. The molecule has 0 saturated heterocycles. The van der Waals surface area contributed by atoms with Crippen LogP contribution in [0.15, 0.2) is 24.3 Å². The Balaban J connectivity index is 2.45. The highest BCUT2D eigenvalue weighted by molar-refractivity contribution is 5.33. The van der Waals surface area contributed by atoms with E-state index in [-0.39, 0.29) is 11.5 Å². The van der Waals surface area contributed by atoms with Crippen molar-refractivity contribution in [3.63, 3.8) is 0 Å². The van der Waals surface area contributed by atoms with Crippen LogP contribution in [0.5, 0.6) is 0 Å². The standard InChI is InChI=1S/C12H17N/c1-12(2)8-7-9-5-3-4-6-10(9)11(12)13/h3-6,11H,7-8,13H2,1-2H3/t11-/m1/s1. The van der Waals surface area contributed by atoms with E-state index in [0.717, 1.165) is 0 Å². The van der Waals surface area contributed by atoms with Gasteiger partial charge in [0.05, 0.1) is 0 Å². The molecule has 2 N–H and O–H groups in total. The Morgan fingerprint density at radius 2 is 2.00 bits per heavy atom. The molecule has 1 aromatic carbocycles. The van der Waals surface area contributed by atoms with Gasteiger partial charge < -0.3 is 5.73 Å². The van der Waals surface area contributed by atoms with E-state index in [1.165, 1.54) is 24.0 Å². The lowest BCUT2D eigenvalue weighted by molar-refractivity contribution is 0.249. The number of nitrogens with two attached hydrogens (primary N) is 1. The average molecular weight is 175 g/mol. The minimum atomic E-state index is 0.206. The highest BCUT2D eigenvalue weighted by Gasteiger charge is 2.32. The molecule has 1 aliphatic carbocycles. The second-order valence-corrected chi connectivity index (χ2v) is 4.67. The number of aryl methyl sites for hydroxylation is 1. The number of benzene rings is 1. The van der Waals surface area contributed by atoms with Crippen LogP contribution in [0.2, 0.25) is 0 Å². The summed E-state index contributed by atoms with van der Waals surface area (Å²) in [5, 5.41) is 0. The SMILES string of the molecule is CC1(C)CCc2ccccc2[C@H]1N. The zero-order valence-electron chi connectivity index (χ0n) is 8.38. The van der Waals surface area contributed by atoms with E-state index < -0.39 is 0 Å². The van der Waals surface area contributed by atoms with Gasteiger partial charge in [0.15, 0.2) is 0 Å². The molecule has 0 bridgehead atoms. The molecule has 0 unspecified atom stereocenters. The van der Waals surface area contributed by atoms with Gasteiger partial charge in [-0.25, -0.2) is 0 Å². The fourth-order valence-electron chi connectivity index (χ4n) is 2.10. The van der Waals surface area contributed by atoms with Crippen molar-refractivity contribution in [3.8, 4) is 0 Å². The van der Waals surface area contributed by atoms with Gasteiger partial charge in [0.25, 0.3) is 0 Å². The highest BCUT2D eigenvalue weighted by atomic mass is 14.7. The van der Waals surface area contributed by atoms with Crippen LogP contribution in [0.1, 0.15) is 37.4 Å². The quantitative estimate of drug-likeness (QED) is 0.644. The van der Waals surface area contributed by atoms with Gasteiger partial charge in [-0.1, -0.05) is 38.1 Å². The number of fused-ring (bicyclic) bond motifs is 1. The fourth-order valence-corrected chi connectivity index (χ4v) is 2.10. The summed E-state index contributed by atoms with van der Waals surface area (Å²) < 4.78 is 0. The predicted molar refractivity (Wildman–Crippen MR) is 55.5 cm³/mol. The van der Waals surface area contributed by atoms with E-state index in [4.69, 9.17) is 5.73 Å². The molecule has 0 spiro atoms. The maximum absolute atomic E-state index is 6.22. The van der Waals surface area contributed by atoms with E-state index in [1.54, 1.807) is 0 Å². The van der Waals surface area contributed by atoms with Crippen LogP contribution < -0.4 is 5.73 Å². The van der Waals surface area contributed by atoms with Crippen LogP contribution in [-0.2, 0) is 6.42 Å². The molecule has 0 aromatic heterocycles. The molecule has 1 nitrogen and oxygen atoms in total. The van der Waals surface area contributed by atoms with Crippen molar-refractivity contribution in [1.82, 2.24) is 0 Å². The molecule has 1 atom stereocenters. The van der Waals surface area contributed by atoms with Crippen molar-refractivity contribution < 1.29 is 0 Å². The maximum atomic E-state index is 6.22. The molecular formula is C12H17N. The summed E-state index contributed by atoms with van der Waals surface area (Å²) >= 11 is 0. The van der Waals surface area contributed by atoms with Crippen LogP contribution >= 0.6 is 0 Å². The Morgan fingerprint density at radius 1 is 1.31 bits per heavy atom. The molecule has 0 aliphatic heterocycles. The third-order valence-corrected chi connectivity index (χ3v) is 3.27. The molecule has 0 heterocycles. The first kappa shape index (κ1) is 8.76. The lowest BCUT2D eigenvalue weighted by atomic mass is 9.71. The molecule has 0 radical (unpaired) electrons. The minimum Gasteiger partial charge on any atom is -0.323 e. The number of hydrogen-bond acceptors (Lipinski definition) is 1. The first-order valence-electron chi connectivity index (χ1n) is 4.95. The predicted octanol–water partition coefficient (Wildman–Crippen LogP) is 2.66. The zero-order valence-corrected chi connectivity index (χ0v) is 8.38. The molecule has 1 aromatic rings. The van der Waals surface area contributed by atoms with Gasteiger partial charge >= 0.3 is 0 Å². The summed E-state index contributed by atoms with van der Waals surface area (Å²) in [6.07, 6.45) is 2.38. The van der Waals surface area contributed by atoms with E-state index >= 15 is 0 Å². The van der Waals surface area contributed by atoms with Crippen LogP contribution in [0.3, 0.4) is 0 Å². The topological polar surface area (TPSA) is 26.0 Å². The molecule has 0 fully saturated rings. The molecule has 2 rings (SSSR count). The number of rotatable bonds is 0. The minimum absolute atomic E-state index is 0.206. The van der Waals surface area contributed by atoms with Crippen LogP contribution in [0.4, 0.5) is 0 Å². The van der Waals surface area contributed by atoms with Gasteiger partial charge in [0.1, 0.15) is 0 Å². The second kappa shape index (κ2) is 2.85. The van der Waals surface area contributed by atoms with Crippen molar-refractivity contribution in [2.75, 3.05) is 0 Å². The lowest BCUT2D eigenvalue weighted by Gasteiger charge is -2.37. The zero-order chi connectivity index (χ0) is 9.47. The third kappa shape index (κ3) is 1.37. The molecule has 1 aliphatic rings. The summed E-state index contributed by atoms with van der Waals surface area (Å²) in [4.78, 5) is 0. The summed E-state index contributed by atoms with van der Waals surface area (Å²) in [6.45, 7) is 4.52. The molecule has 0 amide bonds. The van der Waals surface area contributed by atoms with E-state index in [0.29, 0.717) is 0 Å². The average Bonchev–Trinajstić information content (AvgIpc) is 2.13. The van der Waals surface area contributed by atoms with Gasteiger partial charge in [-0.3, -0.25) is 0 Å². The highest BCUT2D eigenvalue weighted by Crippen LogP contribution is 2.41.